The molecule has 0 bridgehead atoms. The smallest absolute Gasteiger partial charge is 0.339 e. The van der Waals surface area contributed by atoms with E-state index in [1.165, 1.54) is 44.9 Å². The summed E-state index contributed by atoms with van der Waals surface area (Å²) >= 11 is 0. The zero-order valence-electron chi connectivity index (χ0n) is 19.7. The Balaban J connectivity index is 2.45. The van der Waals surface area contributed by atoms with E-state index < -0.39 is 11.9 Å². The van der Waals surface area contributed by atoms with Gasteiger partial charge in [0.05, 0.1) is 17.7 Å². The Kier molecular flexibility index (Phi) is 13.1. The van der Waals surface area contributed by atoms with Gasteiger partial charge in [-0.15, -0.1) is 0 Å². The molecule has 0 aliphatic carbocycles. The first-order valence-electron chi connectivity index (χ1n) is 11.9. The zero-order chi connectivity index (χ0) is 22.4. The Morgan fingerprint density at radius 3 is 1.70 bits per heavy atom. The highest BCUT2D eigenvalue weighted by Crippen LogP contribution is 2.20. The normalized spacial score (nSPS) is 11.3. The average molecular weight is 419 g/mol. The van der Waals surface area contributed by atoms with Crippen LogP contribution in [0.5, 0.6) is 0 Å². The molecule has 4 nitrogen and oxygen atoms in total. The Labute approximate surface area is 183 Å². The fourth-order valence-electron chi connectivity index (χ4n) is 3.72. The molecule has 0 spiro atoms. The van der Waals surface area contributed by atoms with Crippen LogP contribution in [0.1, 0.15) is 113 Å². The Bertz CT molecular complexity index is 613. The van der Waals surface area contributed by atoms with E-state index in [1.54, 1.807) is 24.3 Å². The summed E-state index contributed by atoms with van der Waals surface area (Å²) in [7, 11) is 0. The third kappa shape index (κ3) is 9.77. The molecule has 0 fully saturated rings. The van der Waals surface area contributed by atoms with Gasteiger partial charge in [0.2, 0.25) is 0 Å². The molecule has 0 amide bonds. The van der Waals surface area contributed by atoms with Gasteiger partial charge in [0.1, 0.15) is 6.10 Å². The van der Waals surface area contributed by atoms with Gasteiger partial charge >= 0.3 is 11.9 Å². The van der Waals surface area contributed by atoms with E-state index in [0.717, 1.165) is 12.8 Å². The van der Waals surface area contributed by atoms with Crippen LogP contribution in [0.25, 0.3) is 0 Å². The Morgan fingerprint density at radius 1 is 0.733 bits per heavy atom. The van der Waals surface area contributed by atoms with Crippen LogP contribution in [0.2, 0.25) is 0 Å². The van der Waals surface area contributed by atoms with Gasteiger partial charge in [0.25, 0.3) is 0 Å². The summed E-state index contributed by atoms with van der Waals surface area (Å²) in [5.41, 5.74) is 0.561. The lowest BCUT2D eigenvalue weighted by Crippen LogP contribution is -2.29. The molecule has 30 heavy (non-hydrogen) atoms. The van der Waals surface area contributed by atoms with Gasteiger partial charge in [-0.05, 0) is 30.4 Å². The van der Waals surface area contributed by atoms with Crippen molar-refractivity contribution in [2.75, 3.05) is 6.61 Å². The molecule has 1 aromatic carbocycles. The van der Waals surface area contributed by atoms with Crippen LogP contribution in [-0.4, -0.2) is 24.6 Å². The van der Waals surface area contributed by atoms with Gasteiger partial charge in [0, 0.05) is 0 Å². The highest BCUT2D eigenvalue weighted by Gasteiger charge is 2.25. The summed E-state index contributed by atoms with van der Waals surface area (Å²) in [4.78, 5) is 25.2. The lowest BCUT2D eigenvalue weighted by Gasteiger charge is -2.25. The van der Waals surface area contributed by atoms with E-state index in [1.807, 2.05) is 27.7 Å². The molecule has 0 N–H and O–H groups in total. The maximum Gasteiger partial charge on any atom is 0.339 e. The van der Waals surface area contributed by atoms with E-state index in [9.17, 15) is 9.59 Å². The van der Waals surface area contributed by atoms with Crippen LogP contribution in [-0.2, 0) is 9.47 Å². The highest BCUT2D eigenvalue weighted by atomic mass is 16.5. The summed E-state index contributed by atoms with van der Waals surface area (Å²) in [5, 5.41) is 0. The third-order valence-electron chi connectivity index (χ3n) is 5.41. The van der Waals surface area contributed by atoms with Crippen molar-refractivity contribution in [2.24, 2.45) is 11.8 Å². The molecule has 1 rings (SSSR count). The summed E-state index contributed by atoms with van der Waals surface area (Å²) in [6, 6.07) is 6.76. The van der Waals surface area contributed by atoms with Crippen molar-refractivity contribution in [3.8, 4) is 0 Å². The number of esters is 2. The number of benzene rings is 1. The second-order valence-electron chi connectivity index (χ2n) is 8.87. The third-order valence-corrected chi connectivity index (χ3v) is 5.41. The molecule has 0 radical (unpaired) electrons. The van der Waals surface area contributed by atoms with Gasteiger partial charge in [-0.3, -0.25) is 0 Å². The largest absolute Gasteiger partial charge is 0.462 e. The standard InChI is InChI=1S/C26H42O4/c1-6-7-8-9-10-11-12-13-16-19-29-25(27)22-17-14-15-18-23(22)26(28)30-24(20(2)3)21(4)5/h14-15,17-18,20-21,24H,6-13,16,19H2,1-5H3. The van der Waals surface area contributed by atoms with E-state index in [-0.39, 0.29) is 29.1 Å². The van der Waals surface area contributed by atoms with E-state index in [2.05, 4.69) is 6.92 Å². The number of rotatable bonds is 15. The minimum atomic E-state index is -0.460. The SMILES string of the molecule is CCCCCCCCCCCOC(=O)c1ccccc1C(=O)OC(C(C)C)C(C)C. The molecule has 0 saturated heterocycles. The first kappa shape index (κ1) is 26.2. The first-order chi connectivity index (χ1) is 14.4. The molecular weight excluding hydrogens is 376 g/mol. The van der Waals surface area contributed by atoms with Crippen LogP contribution < -0.4 is 0 Å². The van der Waals surface area contributed by atoms with Crippen LogP contribution in [0.4, 0.5) is 0 Å². The molecule has 0 aromatic heterocycles. The van der Waals surface area contributed by atoms with Crippen molar-refractivity contribution in [2.45, 2.75) is 98.5 Å². The summed E-state index contributed by atoms with van der Waals surface area (Å²) in [6.07, 6.45) is 10.7. The molecule has 0 aliphatic rings. The van der Waals surface area contributed by atoms with Crippen LogP contribution in [0.3, 0.4) is 0 Å². The Hall–Kier alpha value is -1.84. The van der Waals surface area contributed by atoms with Crippen molar-refractivity contribution >= 4 is 11.9 Å². The number of hydrogen-bond acceptors (Lipinski definition) is 4. The number of hydrogen-bond donors (Lipinski definition) is 0. The molecule has 1 aromatic rings. The fourth-order valence-corrected chi connectivity index (χ4v) is 3.72. The van der Waals surface area contributed by atoms with Gasteiger partial charge in [-0.25, -0.2) is 9.59 Å². The molecule has 0 heterocycles. The molecule has 170 valence electrons. The van der Waals surface area contributed by atoms with E-state index >= 15 is 0 Å². The van der Waals surface area contributed by atoms with E-state index in [0.29, 0.717) is 6.61 Å². The average Bonchev–Trinajstić information content (AvgIpc) is 2.72. The summed E-state index contributed by atoms with van der Waals surface area (Å²) in [6.45, 7) is 10.7. The van der Waals surface area contributed by atoms with Gasteiger partial charge in [0.15, 0.2) is 0 Å². The lowest BCUT2D eigenvalue weighted by molar-refractivity contribution is 0.00282. The second-order valence-corrected chi connectivity index (χ2v) is 8.87. The molecular formula is C26H42O4. The molecule has 4 heteroatoms. The predicted molar refractivity (Wildman–Crippen MR) is 123 cm³/mol. The molecule has 0 saturated carbocycles. The number of ether oxygens (including phenoxy) is 2. The molecule has 0 atom stereocenters. The van der Waals surface area contributed by atoms with Gasteiger partial charge < -0.3 is 9.47 Å². The number of carbonyl (C=O) groups excluding carboxylic acids is 2. The predicted octanol–water partition coefficient (Wildman–Crippen LogP) is 7.21. The topological polar surface area (TPSA) is 52.6 Å². The first-order valence-corrected chi connectivity index (χ1v) is 11.9. The van der Waals surface area contributed by atoms with Crippen LogP contribution in [0.15, 0.2) is 24.3 Å². The van der Waals surface area contributed by atoms with Crippen molar-refractivity contribution in [1.82, 2.24) is 0 Å². The second kappa shape index (κ2) is 15.0. The fraction of sp³-hybridized carbons (Fsp3) is 0.692. The van der Waals surface area contributed by atoms with Crippen molar-refractivity contribution in [3.05, 3.63) is 35.4 Å². The van der Waals surface area contributed by atoms with Gasteiger partial charge in [-0.2, -0.15) is 0 Å². The molecule has 0 unspecified atom stereocenters. The monoisotopic (exact) mass is 418 g/mol. The van der Waals surface area contributed by atoms with E-state index in [4.69, 9.17) is 9.47 Å². The summed E-state index contributed by atoms with van der Waals surface area (Å²) < 4.78 is 11.1. The number of carbonyl (C=O) groups is 2. The van der Waals surface area contributed by atoms with Crippen LogP contribution >= 0.6 is 0 Å². The quantitative estimate of drug-likeness (QED) is 0.223. The summed E-state index contributed by atoms with van der Waals surface area (Å²) in [5.74, 6) is -0.495. The van der Waals surface area contributed by atoms with Gasteiger partial charge in [-0.1, -0.05) is 98.1 Å². The van der Waals surface area contributed by atoms with Crippen molar-refractivity contribution in [3.63, 3.8) is 0 Å². The van der Waals surface area contributed by atoms with Crippen LogP contribution in [0, 0.1) is 11.8 Å². The minimum Gasteiger partial charge on any atom is -0.462 e. The maximum absolute atomic E-state index is 12.7. The zero-order valence-corrected chi connectivity index (χ0v) is 19.7. The number of unbranched alkanes of at least 4 members (excludes halogenated alkanes) is 8. The van der Waals surface area contributed by atoms with Crippen molar-refractivity contribution < 1.29 is 19.1 Å². The minimum absolute atomic E-state index is 0.191. The maximum atomic E-state index is 12.7. The lowest BCUT2D eigenvalue weighted by atomic mass is 9.96. The molecule has 0 aliphatic heterocycles. The van der Waals surface area contributed by atoms with Crippen molar-refractivity contribution in [1.29, 1.82) is 0 Å². The highest BCUT2D eigenvalue weighted by molar-refractivity contribution is 6.03. The Morgan fingerprint density at radius 2 is 1.20 bits per heavy atom.